The number of hydrogen-bond acceptors (Lipinski definition) is 5. The molecule has 2 amide bonds. The van der Waals surface area contributed by atoms with Crippen LogP contribution in [0.1, 0.15) is 124 Å². The molecule has 3 aliphatic rings. The van der Waals surface area contributed by atoms with Crippen LogP contribution in [0.5, 0.6) is 11.5 Å². The first-order chi connectivity index (χ1) is 19.5. The minimum atomic E-state index is -0.552. The molecular weight excluding hydrogens is 504 g/mol. The van der Waals surface area contributed by atoms with Gasteiger partial charge in [-0.1, -0.05) is 51.0 Å². The van der Waals surface area contributed by atoms with Gasteiger partial charge in [0.25, 0.3) is 5.91 Å². The van der Waals surface area contributed by atoms with Crippen LogP contribution >= 0.6 is 0 Å². The lowest BCUT2D eigenvalue weighted by atomic mass is 9.80. The number of ether oxygens (including phenoxy) is 2. The molecule has 2 aromatic rings. The van der Waals surface area contributed by atoms with Crippen molar-refractivity contribution in [2.45, 2.75) is 114 Å². The summed E-state index contributed by atoms with van der Waals surface area (Å²) in [5, 5.41) is 8.17. The van der Waals surface area contributed by atoms with E-state index in [-0.39, 0.29) is 29.6 Å². The average Bonchev–Trinajstić information content (AvgIpc) is 3.61. The summed E-state index contributed by atoms with van der Waals surface area (Å²) in [7, 11) is 3.30. The molecule has 0 aliphatic heterocycles. The Morgan fingerprint density at radius 2 is 1.62 bits per heavy atom. The van der Waals surface area contributed by atoms with E-state index in [0.717, 1.165) is 74.6 Å². The van der Waals surface area contributed by atoms with E-state index in [1.54, 1.807) is 14.2 Å². The Kier molecular flexibility index (Phi) is 9.33. The van der Waals surface area contributed by atoms with E-state index < -0.39 is 5.91 Å². The highest BCUT2D eigenvalue weighted by atomic mass is 16.5. The third-order valence-electron chi connectivity index (χ3n) is 9.47. The van der Waals surface area contributed by atoms with Gasteiger partial charge in [0.05, 0.1) is 31.5 Å². The minimum absolute atomic E-state index is 0.0420. The molecule has 218 valence electrons. The molecule has 1 atom stereocenters. The van der Waals surface area contributed by atoms with Crippen LogP contribution in [-0.2, 0) is 4.79 Å². The molecule has 0 bridgehead atoms. The van der Waals surface area contributed by atoms with Crippen LogP contribution in [0.25, 0.3) is 11.3 Å². The summed E-state index contributed by atoms with van der Waals surface area (Å²) in [5.74, 6) is 1.26. The third kappa shape index (κ3) is 6.16. The summed E-state index contributed by atoms with van der Waals surface area (Å²) in [6.07, 6.45) is 15.9. The molecule has 3 saturated carbocycles. The van der Waals surface area contributed by atoms with E-state index in [1.807, 2.05) is 22.9 Å². The molecule has 0 spiro atoms. The maximum Gasteiger partial charge on any atom is 0.269 e. The maximum absolute atomic E-state index is 13.4. The zero-order chi connectivity index (χ0) is 28.1. The van der Waals surface area contributed by atoms with Crippen molar-refractivity contribution >= 4 is 11.8 Å². The van der Waals surface area contributed by atoms with E-state index >= 15 is 0 Å². The van der Waals surface area contributed by atoms with Crippen molar-refractivity contribution in [3.8, 4) is 22.8 Å². The first-order valence-corrected chi connectivity index (χ1v) is 15.4. The second-order valence-corrected chi connectivity index (χ2v) is 12.1. The van der Waals surface area contributed by atoms with Gasteiger partial charge in [-0.25, -0.2) is 0 Å². The Morgan fingerprint density at radius 1 is 0.975 bits per heavy atom. The molecule has 8 heteroatoms. The summed E-state index contributed by atoms with van der Waals surface area (Å²) < 4.78 is 13.7. The fourth-order valence-electron chi connectivity index (χ4n) is 7.09. The number of carbonyl (C=O) groups excluding carboxylic acids is 2. The number of nitrogens with one attached hydrogen (secondary N) is 1. The summed E-state index contributed by atoms with van der Waals surface area (Å²) in [4.78, 5) is 26.5. The summed E-state index contributed by atoms with van der Waals surface area (Å²) >= 11 is 0. The molecule has 3 aliphatic carbocycles. The van der Waals surface area contributed by atoms with Crippen molar-refractivity contribution in [1.29, 1.82) is 0 Å². The molecule has 0 radical (unpaired) electrons. The van der Waals surface area contributed by atoms with Crippen LogP contribution in [0.4, 0.5) is 0 Å². The SMILES string of the molecule is COc1cccc(OC)c1-c1c(C(CCC2CCCCC2)CC(=O)NC2CCC2)c(C(N)=O)nn1C1CCCC1. The number of nitrogens with two attached hydrogens (primary N) is 1. The highest BCUT2D eigenvalue weighted by molar-refractivity contribution is 5.96. The van der Waals surface area contributed by atoms with Gasteiger partial charge < -0.3 is 20.5 Å². The normalized spacial score (nSPS) is 19.2. The second kappa shape index (κ2) is 13.1. The Hall–Kier alpha value is -3.03. The van der Waals surface area contributed by atoms with E-state index in [2.05, 4.69) is 5.32 Å². The number of amides is 2. The topological polar surface area (TPSA) is 108 Å². The van der Waals surface area contributed by atoms with Gasteiger partial charge >= 0.3 is 0 Å². The first kappa shape index (κ1) is 28.5. The Balaban J connectivity index is 1.64. The zero-order valence-electron chi connectivity index (χ0n) is 24.3. The predicted octanol–water partition coefficient (Wildman–Crippen LogP) is 6.28. The third-order valence-corrected chi connectivity index (χ3v) is 9.47. The van der Waals surface area contributed by atoms with Crippen LogP contribution in [0.15, 0.2) is 18.2 Å². The molecule has 0 saturated heterocycles. The fourth-order valence-corrected chi connectivity index (χ4v) is 7.09. The van der Waals surface area contributed by atoms with E-state index in [4.69, 9.17) is 20.3 Å². The number of methoxy groups -OCH3 is 2. The molecular formula is C32H46N4O4. The van der Waals surface area contributed by atoms with Crippen molar-refractivity contribution in [1.82, 2.24) is 15.1 Å². The van der Waals surface area contributed by atoms with Gasteiger partial charge in [0.1, 0.15) is 11.5 Å². The summed E-state index contributed by atoms with van der Waals surface area (Å²) in [6, 6.07) is 6.14. The standard InChI is InChI=1S/C32H46N4O4/c1-39-25-16-9-17-26(40-2)29(25)31-28(30(32(33)38)35-36(31)24-14-6-7-15-24)22(19-18-21-10-4-3-5-11-21)20-27(37)34-23-12-8-13-23/h9,16-17,21-24H,3-8,10-15,18-20H2,1-2H3,(H2,33,38)(H,34,37). The van der Waals surface area contributed by atoms with Gasteiger partial charge in [-0.15, -0.1) is 0 Å². The second-order valence-electron chi connectivity index (χ2n) is 12.1. The van der Waals surface area contributed by atoms with Crippen molar-refractivity contribution < 1.29 is 19.1 Å². The Bertz CT molecular complexity index is 1150. The van der Waals surface area contributed by atoms with Crippen molar-refractivity contribution in [2.75, 3.05) is 14.2 Å². The molecule has 3 fully saturated rings. The summed E-state index contributed by atoms with van der Waals surface area (Å²) in [6.45, 7) is 0. The lowest BCUT2D eigenvalue weighted by Crippen LogP contribution is -2.40. The van der Waals surface area contributed by atoms with E-state index in [9.17, 15) is 9.59 Å². The Morgan fingerprint density at radius 3 is 2.20 bits per heavy atom. The molecule has 1 aromatic heterocycles. The summed E-state index contributed by atoms with van der Waals surface area (Å²) in [5.41, 5.74) is 8.71. The number of carbonyl (C=O) groups is 2. The lowest BCUT2D eigenvalue weighted by Gasteiger charge is -2.29. The van der Waals surface area contributed by atoms with Crippen LogP contribution < -0.4 is 20.5 Å². The van der Waals surface area contributed by atoms with Crippen LogP contribution in [0.2, 0.25) is 0 Å². The van der Waals surface area contributed by atoms with E-state index in [0.29, 0.717) is 23.8 Å². The number of rotatable bonds is 12. The van der Waals surface area contributed by atoms with Gasteiger partial charge in [0, 0.05) is 18.0 Å². The molecule has 1 unspecified atom stereocenters. The van der Waals surface area contributed by atoms with Crippen LogP contribution in [0.3, 0.4) is 0 Å². The van der Waals surface area contributed by atoms with Crippen LogP contribution in [0, 0.1) is 5.92 Å². The van der Waals surface area contributed by atoms with Crippen molar-refractivity contribution in [3.63, 3.8) is 0 Å². The van der Waals surface area contributed by atoms with Gasteiger partial charge in [-0.05, 0) is 68.9 Å². The lowest BCUT2D eigenvalue weighted by molar-refractivity contribution is -0.122. The smallest absolute Gasteiger partial charge is 0.269 e. The number of benzene rings is 1. The van der Waals surface area contributed by atoms with E-state index in [1.165, 1.54) is 32.1 Å². The molecule has 8 nitrogen and oxygen atoms in total. The largest absolute Gasteiger partial charge is 0.496 e. The maximum atomic E-state index is 13.4. The molecule has 3 N–H and O–H groups in total. The Labute approximate surface area is 238 Å². The fraction of sp³-hybridized carbons (Fsp3) is 0.656. The average molecular weight is 551 g/mol. The first-order valence-electron chi connectivity index (χ1n) is 15.4. The number of nitrogens with zero attached hydrogens (tertiary/aromatic N) is 2. The quantitative estimate of drug-likeness (QED) is 0.323. The predicted molar refractivity (Wildman–Crippen MR) is 156 cm³/mol. The minimum Gasteiger partial charge on any atom is -0.496 e. The van der Waals surface area contributed by atoms with Gasteiger partial charge in [-0.3, -0.25) is 14.3 Å². The number of primary amides is 1. The zero-order valence-corrected chi connectivity index (χ0v) is 24.3. The highest BCUT2D eigenvalue weighted by Gasteiger charge is 2.36. The van der Waals surface area contributed by atoms with Crippen molar-refractivity contribution in [2.24, 2.45) is 11.7 Å². The van der Waals surface area contributed by atoms with Gasteiger partial charge in [0.2, 0.25) is 5.91 Å². The van der Waals surface area contributed by atoms with Crippen LogP contribution in [-0.4, -0.2) is 41.9 Å². The monoisotopic (exact) mass is 550 g/mol. The number of aromatic nitrogens is 2. The van der Waals surface area contributed by atoms with Gasteiger partial charge in [-0.2, -0.15) is 5.10 Å². The molecule has 1 heterocycles. The van der Waals surface area contributed by atoms with Gasteiger partial charge in [0.15, 0.2) is 5.69 Å². The molecule has 1 aromatic carbocycles. The molecule has 5 rings (SSSR count). The number of hydrogen-bond donors (Lipinski definition) is 2. The molecule has 40 heavy (non-hydrogen) atoms. The van der Waals surface area contributed by atoms with Crippen molar-refractivity contribution in [3.05, 3.63) is 29.5 Å². The highest BCUT2D eigenvalue weighted by Crippen LogP contribution is 2.47.